The second-order valence-electron chi connectivity index (χ2n) is 5.17. The van der Waals surface area contributed by atoms with Crippen LogP contribution in [0.1, 0.15) is 51.9 Å². The summed E-state index contributed by atoms with van der Waals surface area (Å²) in [6.45, 7) is 1.99. The molecule has 114 valence electrons. The molecule has 0 aliphatic heterocycles. The van der Waals surface area contributed by atoms with Crippen molar-refractivity contribution in [3.8, 4) is 0 Å². The number of Topliss-reactive ketones (excluding diaryl/α,β-unsaturated/α-hetero) is 1. The molecule has 2 atom stereocenters. The molecule has 5 nitrogen and oxygen atoms in total. The molecule has 0 aromatic carbocycles. The number of rotatable bonds is 3. The molecule has 2 unspecified atom stereocenters. The van der Waals surface area contributed by atoms with Crippen molar-refractivity contribution in [1.82, 2.24) is 0 Å². The molecule has 1 aliphatic carbocycles. The number of methoxy groups -OCH3 is 1. The SMILES string of the molecule is CCOC(=O)C1CCC(C(=O)OC)CCCCCC1=O. The van der Waals surface area contributed by atoms with Crippen LogP contribution in [-0.4, -0.2) is 31.4 Å². The first-order chi connectivity index (χ1) is 9.60. The zero-order valence-electron chi connectivity index (χ0n) is 12.4. The summed E-state index contributed by atoms with van der Waals surface area (Å²) in [6, 6.07) is 0. The Morgan fingerprint density at radius 2 is 1.85 bits per heavy atom. The minimum absolute atomic E-state index is 0.0611. The first kappa shape index (κ1) is 16.7. The zero-order valence-corrected chi connectivity index (χ0v) is 12.4. The van der Waals surface area contributed by atoms with E-state index >= 15 is 0 Å². The molecule has 0 spiro atoms. The Labute approximate surface area is 120 Å². The Hall–Kier alpha value is -1.39. The number of ether oxygens (including phenoxy) is 2. The van der Waals surface area contributed by atoms with Gasteiger partial charge in [0.25, 0.3) is 0 Å². The van der Waals surface area contributed by atoms with E-state index in [-0.39, 0.29) is 24.3 Å². The highest BCUT2D eigenvalue weighted by atomic mass is 16.5. The van der Waals surface area contributed by atoms with Gasteiger partial charge in [0.2, 0.25) is 0 Å². The van der Waals surface area contributed by atoms with E-state index in [0.29, 0.717) is 19.3 Å². The summed E-state index contributed by atoms with van der Waals surface area (Å²) in [5, 5.41) is 0. The predicted molar refractivity (Wildman–Crippen MR) is 73.0 cm³/mol. The number of carbonyl (C=O) groups excluding carboxylic acids is 3. The smallest absolute Gasteiger partial charge is 0.316 e. The van der Waals surface area contributed by atoms with Gasteiger partial charge in [-0.2, -0.15) is 0 Å². The Balaban J connectivity index is 2.73. The van der Waals surface area contributed by atoms with Crippen molar-refractivity contribution in [2.24, 2.45) is 11.8 Å². The van der Waals surface area contributed by atoms with E-state index in [1.54, 1.807) is 6.92 Å². The van der Waals surface area contributed by atoms with Gasteiger partial charge in [-0.3, -0.25) is 14.4 Å². The number of hydrogen-bond acceptors (Lipinski definition) is 5. The highest BCUT2D eigenvalue weighted by Crippen LogP contribution is 2.25. The van der Waals surface area contributed by atoms with E-state index < -0.39 is 11.9 Å². The Morgan fingerprint density at radius 1 is 1.10 bits per heavy atom. The average molecular weight is 284 g/mol. The van der Waals surface area contributed by atoms with Crippen molar-refractivity contribution in [3.63, 3.8) is 0 Å². The van der Waals surface area contributed by atoms with E-state index in [0.717, 1.165) is 25.7 Å². The fraction of sp³-hybridized carbons (Fsp3) is 0.800. The van der Waals surface area contributed by atoms with Crippen LogP contribution in [0.15, 0.2) is 0 Å². The summed E-state index contributed by atoms with van der Waals surface area (Å²) >= 11 is 0. The number of hydrogen-bond donors (Lipinski definition) is 0. The summed E-state index contributed by atoms with van der Waals surface area (Å²) in [5.74, 6) is -1.71. The fourth-order valence-electron chi connectivity index (χ4n) is 2.61. The largest absolute Gasteiger partial charge is 0.469 e. The van der Waals surface area contributed by atoms with Crippen LogP contribution in [0.5, 0.6) is 0 Å². The molecular formula is C15H24O5. The molecule has 0 bridgehead atoms. The van der Waals surface area contributed by atoms with Gasteiger partial charge < -0.3 is 9.47 Å². The lowest BCUT2D eigenvalue weighted by Crippen LogP contribution is -2.28. The second kappa shape index (κ2) is 8.72. The minimum atomic E-state index is -0.722. The van der Waals surface area contributed by atoms with E-state index in [2.05, 4.69) is 0 Å². The topological polar surface area (TPSA) is 69.7 Å². The summed E-state index contributed by atoms with van der Waals surface area (Å²) in [7, 11) is 1.37. The summed E-state index contributed by atoms with van der Waals surface area (Å²) in [4.78, 5) is 35.6. The van der Waals surface area contributed by atoms with Crippen LogP contribution >= 0.6 is 0 Å². The van der Waals surface area contributed by atoms with E-state index in [1.165, 1.54) is 7.11 Å². The van der Waals surface area contributed by atoms with Crippen LogP contribution in [0.2, 0.25) is 0 Å². The van der Waals surface area contributed by atoms with Crippen molar-refractivity contribution < 1.29 is 23.9 Å². The van der Waals surface area contributed by atoms with Crippen LogP contribution in [-0.2, 0) is 23.9 Å². The molecule has 20 heavy (non-hydrogen) atoms. The van der Waals surface area contributed by atoms with Crippen molar-refractivity contribution in [3.05, 3.63) is 0 Å². The maximum Gasteiger partial charge on any atom is 0.316 e. The average Bonchev–Trinajstić information content (AvgIpc) is 2.44. The third kappa shape index (κ3) is 4.94. The van der Waals surface area contributed by atoms with Crippen LogP contribution in [0.3, 0.4) is 0 Å². The molecule has 1 aliphatic rings. The van der Waals surface area contributed by atoms with Gasteiger partial charge >= 0.3 is 11.9 Å². The fourth-order valence-corrected chi connectivity index (χ4v) is 2.61. The molecule has 0 radical (unpaired) electrons. The summed E-state index contributed by atoms with van der Waals surface area (Å²) in [6.07, 6.45) is 4.64. The first-order valence-corrected chi connectivity index (χ1v) is 7.37. The highest BCUT2D eigenvalue weighted by Gasteiger charge is 2.30. The van der Waals surface area contributed by atoms with Gasteiger partial charge in [-0.05, 0) is 32.6 Å². The molecular weight excluding hydrogens is 260 g/mol. The van der Waals surface area contributed by atoms with Crippen LogP contribution in [0.4, 0.5) is 0 Å². The Bertz CT molecular complexity index is 350. The Kier molecular flexibility index (Phi) is 7.26. The van der Waals surface area contributed by atoms with Crippen molar-refractivity contribution >= 4 is 17.7 Å². The highest BCUT2D eigenvalue weighted by molar-refractivity contribution is 5.99. The zero-order chi connectivity index (χ0) is 15.0. The van der Waals surface area contributed by atoms with Crippen LogP contribution in [0.25, 0.3) is 0 Å². The van der Waals surface area contributed by atoms with Gasteiger partial charge in [0.1, 0.15) is 11.7 Å². The number of ketones is 1. The number of carbonyl (C=O) groups is 3. The summed E-state index contributed by atoms with van der Waals surface area (Å²) in [5.41, 5.74) is 0. The van der Waals surface area contributed by atoms with Crippen LogP contribution in [0, 0.1) is 11.8 Å². The van der Waals surface area contributed by atoms with Gasteiger partial charge in [0.05, 0.1) is 19.6 Å². The summed E-state index contributed by atoms with van der Waals surface area (Å²) < 4.78 is 9.75. The van der Waals surface area contributed by atoms with Crippen molar-refractivity contribution in [2.45, 2.75) is 51.9 Å². The molecule has 0 aromatic rings. The van der Waals surface area contributed by atoms with Gasteiger partial charge in [-0.1, -0.05) is 12.8 Å². The normalized spacial score (nSPS) is 24.8. The van der Waals surface area contributed by atoms with Crippen LogP contribution < -0.4 is 0 Å². The molecule has 1 rings (SSSR count). The van der Waals surface area contributed by atoms with Gasteiger partial charge in [-0.15, -0.1) is 0 Å². The molecule has 1 saturated carbocycles. The lowest BCUT2D eigenvalue weighted by Gasteiger charge is -2.20. The number of esters is 2. The van der Waals surface area contributed by atoms with E-state index in [9.17, 15) is 14.4 Å². The lowest BCUT2D eigenvalue weighted by atomic mass is 9.86. The standard InChI is InChI=1S/C15H24O5/c1-3-20-15(18)12-10-9-11(14(17)19-2)7-5-4-6-8-13(12)16/h11-12H,3-10H2,1-2H3. The molecule has 0 aromatic heterocycles. The van der Waals surface area contributed by atoms with Gasteiger partial charge in [0.15, 0.2) is 0 Å². The van der Waals surface area contributed by atoms with E-state index in [1.807, 2.05) is 0 Å². The maximum atomic E-state index is 12.1. The molecule has 0 amide bonds. The van der Waals surface area contributed by atoms with Crippen molar-refractivity contribution in [2.75, 3.05) is 13.7 Å². The van der Waals surface area contributed by atoms with Gasteiger partial charge in [0, 0.05) is 6.42 Å². The Morgan fingerprint density at radius 3 is 2.50 bits per heavy atom. The quantitative estimate of drug-likeness (QED) is 0.587. The molecule has 5 heteroatoms. The maximum absolute atomic E-state index is 12.1. The second-order valence-corrected chi connectivity index (χ2v) is 5.17. The predicted octanol–water partition coefficient (Wildman–Crippen LogP) is 2.27. The molecule has 0 heterocycles. The third-order valence-corrected chi connectivity index (χ3v) is 3.77. The third-order valence-electron chi connectivity index (χ3n) is 3.77. The van der Waals surface area contributed by atoms with Crippen molar-refractivity contribution in [1.29, 1.82) is 0 Å². The van der Waals surface area contributed by atoms with Gasteiger partial charge in [-0.25, -0.2) is 0 Å². The molecule has 0 N–H and O–H groups in total. The lowest BCUT2D eigenvalue weighted by molar-refractivity contribution is -0.153. The molecule has 1 fully saturated rings. The van der Waals surface area contributed by atoms with E-state index in [4.69, 9.17) is 9.47 Å². The monoisotopic (exact) mass is 284 g/mol. The minimum Gasteiger partial charge on any atom is -0.469 e. The molecule has 0 saturated heterocycles. The first-order valence-electron chi connectivity index (χ1n) is 7.37.